The van der Waals surface area contributed by atoms with Crippen molar-refractivity contribution in [3.63, 3.8) is 0 Å². The van der Waals surface area contributed by atoms with E-state index in [0.717, 1.165) is 18.4 Å². The lowest BCUT2D eigenvalue weighted by Gasteiger charge is -2.36. The van der Waals surface area contributed by atoms with Crippen LogP contribution in [0.5, 0.6) is 0 Å². The predicted octanol–water partition coefficient (Wildman–Crippen LogP) is 1.80. The molecule has 98 valence electrons. The normalized spacial score (nSPS) is 22.3. The van der Waals surface area contributed by atoms with Crippen molar-refractivity contribution in [2.24, 2.45) is 0 Å². The molecule has 18 heavy (non-hydrogen) atoms. The van der Waals surface area contributed by atoms with E-state index in [1.54, 1.807) is 12.1 Å². The van der Waals surface area contributed by atoms with Crippen molar-refractivity contribution >= 4 is 5.91 Å². The Kier molecular flexibility index (Phi) is 4.31. The zero-order valence-corrected chi connectivity index (χ0v) is 10.6. The van der Waals surface area contributed by atoms with E-state index in [-0.39, 0.29) is 11.7 Å². The molecule has 1 amide bonds. The van der Waals surface area contributed by atoms with Crippen molar-refractivity contribution in [2.45, 2.75) is 31.7 Å². The maximum absolute atomic E-state index is 13.1. The quantitative estimate of drug-likeness (QED) is 0.836. The zero-order chi connectivity index (χ0) is 13.0. The third-order valence-corrected chi connectivity index (χ3v) is 3.38. The number of carbonyl (C=O) groups is 1. The van der Waals surface area contributed by atoms with Gasteiger partial charge in [-0.2, -0.15) is 0 Å². The predicted molar refractivity (Wildman–Crippen MR) is 68.8 cm³/mol. The molecular formula is C14H19FN2O. The van der Waals surface area contributed by atoms with Crippen LogP contribution in [-0.4, -0.2) is 25.0 Å². The molecule has 0 heterocycles. The largest absolute Gasteiger partial charge is 0.355 e. The van der Waals surface area contributed by atoms with Crippen molar-refractivity contribution in [2.75, 3.05) is 13.1 Å². The van der Waals surface area contributed by atoms with Crippen molar-refractivity contribution in [1.82, 2.24) is 10.6 Å². The molecular weight excluding hydrogens is 231 g/mol. The number of carbonyl (C=O) groups excluding carboxylic acids is 1. The van der Waals surface area contributed by atoms with E-state index in [2.05, 4.69) is 10.6 Å². The van der Waals surface area contributed by atoms with Crippen LogP contribution in [0.25, 0.3) is 0 Å². The first kappa shape index (κ1) is 13.0. The fourth-order valence-corrected chi connectivity index (χ4v) is 2.31. The Labute approximate surface area is 107 Å². The summed E-state index contributed by atoms with van der Waals surface area (Å²) in [6.45, 7) is 2.94. The van der Waals surface area contributed by atoms with Gasteiger partial charge in [0.15, 0.2) is 0 Å². The first-order chi connectivity index (χ1) is 8.69. The van der Waals surface area contributed by atoms with E-state index in [9.17, 15) is 9.18 Å². The summed E-state index contributed by atoms with van der Waals surface area (Å²) < 4.78 is 13.1. The van der Waals surface area contributed by atoms with Crippen LogP contribution < -0.4 is 10.6 Å². The summed E-state index contributed by atoms with van der Waals surface area (Å²) in [7, 11) is 0. The van der Waals surface area contributed by atoms with Gasteiger partial charge in [0.25, 0.3) is 0 Å². The summed E-state index contributed by atoms with van der Waals surface area (Å²) in [6.07, 6.45) is 1.95. The first-order valence-corrected chi connectivity index (χ1v) is 6.44. The Hall–Kier alpha value is -1.42. The zero-order valence-electron chi connectivity index (χ0n) is 10.6. The lowest BCUT2D eigenvalue weighted by molar-refractivity contribution is -0.120. The molecule has 1 saturated carbocycles. The van der Waals surface area contributed by atoms with Crippen LogP contribution >= 0.6 is 0 Å². The Morgan fingerprint density at radius 1 is 1.44 bits per heavy atom. The standard InChI is InChI=1S/C14H19FN2O/c1-2-16-14(18)9-17-13-7-11(8-13)10-4-3-5-12(15)6-10/h3-6,11,13,17H,2,7-9H2,1H3,(H,16,18). The van der Waals surface area contributed by atoms with Crippen LogP contribution in [0.4, 0.5) is 4.39 Å². The highest BCUT2D eigenvalue weighted by molar-refractivity contribution is 5.77. The van der Waals surface area contributed by atoms with Gasteiger partial charge in [0.05, 0.1) is 6.54 Å². The minimum absolute atomic E-state index is 0.0340. The first-order valence-electron chi connectivity index (χ1n) is 6.44. The van der Waals surface area contributed by atoms with E-state index >= 15 is 0 Å². The Balaban J connectivity index is 1.72. The van der Waals surface area contributed by atoms with Crippen molar-refractivity contribution < 1.29 is 9.18 Å². The Morgan fingerprint density at radius 3 is 2.89 bits per heavy atom. The molecule has 0 saturated heterocycles. The van der Waals surface area contributed by atoms with Gasteiger partial charge in [-0.1, -0.05) is 12.1 Å². The molecule has 1 aromatic rings. The molecule has 1 aliphatic rings. The van der Waals surface area contributed by atoms with E-state index in [4.69, 9.17) is 0 Å². The third-order valence-electron chi connectivity index (χ3n) is 3.38. The molecule has 0 spiro atoms. The number of benzene rings is 1. The maximum atomic E-state index is 13.1. The summed E-state index contributed by atoms with van der Waals surface area (Å²) in [4.78, 5) is 11.3. The highest BCUT2D eigenvalue weighted by Crippen LogP contribution is 2.36. The fraction of sp³-hybridized carbons (Fsp3) is 0.500. The molecule has 0 aliphatic heterocycles. The fourth-order valence-electron chi connectivity index (χ4n) is 2.31. The molecule has 2 N–H and O–H groups in total. The van der Waals surface area contributed by atoms with Crippen molar-refractivity contribution in [3.05, 3.63) is 35.6 Å². The van der Waals surface area contributed by atoms with Gasteiger partial charge in [-0.15, -0.1) is 0 Å². The van der Waals surface area contributed by atoms with Crippen LogP contribution in [-0.2, 0) is 4.79 Å². The minimum Gasteiger partial charge on any atom is -0.355 e. The third kappa shape index (κ3) is 3.29. The second kappa shape index (κ2) is 5.96. The van der Waals surface area contributed by atoms with Crippen LogP contribution in [0.3, 0.4) is 0 Å². The molecule has 1 aromatic carbocycles. The van der Waals surface area contributed by atoms with Crippen LogP contribution in [0.15, 0.2) is 24.3 Å². The monoisotopic (exact) mass is 250 g/mol. The average molecular weight is 250 g/mol. The molecule has 4 heteroatoms. The molecule has 3 nitrogen and oxygen atoms in total. The van der Waals surface area contributed by atoms with Crippen LogP contribution in [0.1, 0.15) is 31.2 Å². The number of hydrogen-bond donors (Lipinski definition) is 2. The van der Waals surface area contributed by atoms with E-state index in [1.807, 2.05) is 13.0 Å². The van der Waals surface area contributed by atoms with E-state index < -0.39 is 0 Å². The molecule has 0 unspecified atom stereocenters. The van der Waals surface area contributed by atoms with Gasteiger partial charge in [0.2, 0.25) is 5.91 Å². The lowest BCUT2D eigenvalue weighted by Crippen LogP contribution is -2.44. The van der Waals surface area contributed by atoms with Gasteiger partial charge in [0, 0.05) is 12.6 Å². The van der Waals surface area contributed by atoms with E-state index in [0.29, 0.717) is 25.0 Å². The molecule has 0 bridgehead atoms. The SMILES string of the molecule is CCNC(=O)CNC1CC(c2cccc(F)c2)C1. The molecule has 2 rings (SSSR count). The van der Waals surface area contributed by atoms with Gasteiger partial charge >= 0.3 is 0 Å². The molecule has 0 atom stereocenters. The Morgan fingerprint density at radius 2 is 2.22 bits per heavy atom. The number of rotatable bonds is 5. The minimum atomic E-state index is -0.175. The number of amides is 1. The highest BCUT2D eigenvalue weighted by Gasteiger charge is 2.30. The van der Waals surface area contributed by atoms with Crippen molar-refractivity contribution in [1.29, 1.82) is 0 Å². The van der Waals surface area contributed by atoms with Crippen LogP contribution in [0, 0.1) is 5.82 Å². The summed E-state index contributed by atoms with van der Waals surface area (Å²) in [5.41, 5.74) is 1.06. The summed E-state index contributed by atoms with van der Waals surface area (Å²) >= 11 is 0. The lowest BCUT2D eigenvalue weighted by atomic mass is 9.76. The van der Waals surface area contributed by atoms with Crippen molar-refractivity contribution in [3.8, 4) is 0 Å². The highest BCUT2D eigenvalue weighted by atomic mass is 19.1. The van der Waals surface area contributed by atoms with Crippen LogP contribution in [0.2, 0.25) is 0 Å². The number of halogens is 1. The van der Waals surface area contributed by atoms with Gasteiger partial charge in [-0.25, -0.2) is 4.39 Å². The van der Waals surface area contributed by atoms with Gasteiger partial charge in [-0.3, -0.25) is 4.79 Å². The van der Waals surface area contributed by atoms with Gasteiger partial charge in [0.1, 0.15) is 5.82 Å². The number of nitrogens with one attached hydrogen (secondary N) is 2. The molecule has 0 aromatic heterocycles. The Bertz CT molecular complexity index is 416. The summed E-state index contributed by atoms with van der Waals surface area (Å²) in [5, 5.41) is 5.96. The summed E-state index contributed by atoms with van der Waals surface area (Å²) in [5.74, 6) is 0.283. The number of likely N-dealkylation sites (N-methyl/N-ethyl adjacent to an activating group) is 1. The average Bonchev–Trinajstić information content (AvgIpc) is 2.27. The second-order valence-corrected chi connectivity index (χ2v) is 4.75. The van der Waals surface area contributed by atoms with Gasteiger partial charge in [-0.05, 0) is 43.4 Å². The summed E-state index contributed by atoms with van der Waals surface area (Å²) in [6, 6.07) is 7.16. The maximum Gasteiger partial charge on any atom is 0.233 e. The van der Waals surface area contributed by atoms with Gasteiger partial charge < -0.3 is 10.6 Å². The number of hydrogen-bond acceptors (Lipinski definition) is 2. The smallest absolute Gasteiger partial charge is 0.233 e. The molecule has 1 aliphatic carbocycles. The molecule has 1 fully saturated rings. The van der Waals surface area contributed by atoms with E-state index in [1.165, 1.54) is 6.07 Å². The second-order valence-electron chi connectivity index (χ2n) is 4.75. The molecule has 0 radical (unpaired) electrons. The topological polar surface area (TPSA) is 41.1 Å².